The van der Waals surface area contributed by atoms with Gasteiger partial charge in [0.25, 0.3) is 0 Å². The summed E-state index contributed by atoms with van der Waals surface area (Å²) in [4.78, 5) is 0. The van der Waals surface area contributed by atoms with Crippen molar-refractivity contribution in [3.63, 3.8) is 0 Å². The number of ether oxygens (including phenoxy) is 1. The van der Waals surface area contributed by atoms with Crippen LogP contribution in [0.4, 0.5) is 0 Å². The Hall–Kier alpha value is -0.670. The summed E-state index contributed by atoms with van der Waals surface area (Å²) in [5, 5.41) is 3.60. The highest BCUT2D eigenvalue weighted by molar-refractivity contribution is 7.98. The molecule has 1 aromatic rings. The van der Waals surface area contributed by atoms with Gasteiger partial charge in [0.15, 0.2) is 0 Å². The SMILES string of the molecule is COc1ccc(CC(C)NCCCCCSC)cc1. The van der Waals surface area contributed by atoms with Crippen LogP contribution < -0.4 is 10.1 Å². The zero-order valence-electron chi connectivity index (χ0n) is 12.4. The van der Waals surface area contributed by atoms with Gasteiger partial charge in [-0.05, 0) is 62.4 Å². The van der Waals surface area contributed by atoms with Crippen LogP contribution in [-0.2, 0) is 6.42 Å². The first-order valence-corrected chi connectivity index (χ1v) is 8.51. The minimum Gasteiger partial charge on any atom is -0.497 e. The fraction of sp³-hybridized carbons (Fsp3) is 0.625. The lowest BCUT2D eigenvalue weighted by Gasteiger charge is -2.14. The van der Waals surface area contributed by atoms with Crippen molar-refractivity contribution in [3.05, 3.63) is 29.8 Å². The molecule has 0 fully saturated rings. The van der Waals surface area contributed by atoms with Gasteiger partial charge in [0.1, 0.15) is 5.75 Å². The van der Waals surface area contributed by atoms with Crippen molar-refractivity contribution < 1.29 is 4.74 Å². The van der Waals surface area contributed by atoms with E-state index in [0.717, 1.165) is 18.7 Å². The van der Waals surface area contributed by atoms with Crippen LogP contribution in [0.15, 0.2) is 24.3 Å². The molecule has 0 radical (unpaired) electrons. The first kappa shape index (κ1) is 16.4. The topological polar surface area (TPSA) is 21.3 Å². The van der Waals surface area contributed by atoms with Crippen molar-refractivity contribution >= 4 is 11.8 Å². The van der Waals surface area contributed by atoms with Gasteiger partial charge in [-0.25, -0.2) is 0 Å². The van der Waals surface area contributed by atoms with Gasteiger partial charge >= 0.3 is 0 Å². The summed E-state index contributed by atoms with van der Waals surface area (Å²) in [7, 11) is 1.70. The molecule has 1 N–H and O–H groups in total. The van der Waals surface area contributed by atoms with Crippen LogP contribution in [0.3, 0.4) is 0 Å². The van der Waals surface area contributed by atoms with E-state index in [0.29, 0.717) is 6.04 Å². The summed E-state index contributed by atoms with van der Waals surface area (Å²) >= 11 is 1.94. The molecule has 0 spiro atoms. The number of nitrogens with one attached hydrogen (secondary N) is 1. The molecule has 1 atom stereocenters. The lowest BCUT2D eigenvalue weighted by atomic mass is 10.1. The molecular formula is C16H27NOS. The smallest absolute Gasteiger partial charge is 0.118 e. The lowest BCUT2D eigenvalue weighted by Crippen LogP contribution is -2.28. The van der Waals surface area contributed by atoms with E-state index in [2.05, 4.69) is 30.6 Å². The number of benzene rings is 1. The molecule has 19 heavy (non-hydrogen) atoms. The van der Waals surface area contributed by atoms with Crippen LogP contribution in [0.1, 0.15) is 31.7 Å². The van der Waals surface area contributed by atoms with Crippen molar-refractivity contribution in [1.82, 2.24) is 5.32 Å². The summed E-state index contributed by atoms with van der Waals surface area (Å²) in [6.45, 7) is 3.39. The molecule has 2 nitrogen and oxygen atoms in total. The van der Waals surface area contributed by atoms with Gasteiger partial charge < -0.3 is 10.1 Å². The number of unbranched alkanes of at least 4 members (excludes halogenated alkanes) is 2. The van der Waals surface area contributed by atoms with Gasteiger partial charge in [-0.15, -0.1) is 0 Å². The number of methoxy groups -OCH3 is 1. The molecule has 0 aliphatic rings. The fourth-order valence-electron chi connectivity index (χ4n) is 2.08. The molecule has 0 amide bonds. The van der Waals surface area contributed by atoms with Crippen molar-refractivity contribution in [2.45, 2.75) is 38.6 Å². The quantitative estimate of drug-likeness (QED) is 0.660. The molecule has 0 aliphatic carbocycles. The summed E-state index contributed by atoms with van der Waals surface area (Å²) < 4.78 is 5.17. The van der Waals surface area contributed by atoms with Gasteiger partial charge in [-0.3, -0.25) is 0 Å². The van der Waals surface area contributed by atoms with Gasteiger partial charge in [-0.2, -0.15) is 11.8 Å². The molecule has 108 valence electrons. The summed E-state index contributed by atoms with van der Waals surface area (Å²) in [5.41, 5.74) is 1.36. The Labute approximate surface area is 122 Å². The molecule has 0 aromatic heterocycles. The van der Waals surface area contributed by atoms with Gasteiger partial charge in [0.2, 0.25) is 0 Å². The molecular weight excluding hydrogens is 254 g/mol. The van der Waals surface area contributed by atoms with E-state index in [1.54, 1.807) is 7.11 Å². The predicted octanol–water partition coefficient (Wildman–Crippen LogP) is 3.75. The fourth-order valence-corrected chi connectivity index (χ4v) is 2.58. The maximum Gasteiger partial charge on any atom is 0.118 e. The van der Waals surface area contributed by atoms with E-state index in [1.807, 2.05) is 23.9 Å². The zero-order valence-corrected chi connectivity index (χ0v) is 13.3. The van der Waals surface area contributed by atoms with Crippen molar-refractivity contribution in [2.75, 3.05) is 25.7 Å². The second-order valence-corrected chi connectivity index (χ2v) is 5.95. The second-order valence-electron chi connectivity index (χ2n) is 4.96. The van der Waals surface area contributed by atoms with Gasteiger partial charge in [0, 0.05) is 6.04 Å². The molecule has 3 heteroatoms. The highest BCUT2D eigenvalue weighted by atomic mass is 32.2. The minimum atomic E-state index is 0.536. The van der Waals surface area contributed by atoms with E-state index in [1.165, 1.54) is 30.6 Å². The maximum absolute atomic E-state index is 5.17. The standard InChI is InChI=1S/C16H27NOS/c1-14(17-11-5-4-6-12-19-3)13-15-7-9-16(18-2)10-8-15/h7-10,14,17H,4-6,11-13H2,1-3H3. The van der Waals surface area contributed by atoms with Crippen LogP contribution in [0.25, 0.3) is 0 Å². The summed E-state index contributed by atoms with van der Waals surface area (Å²) in [5.74, 6) is 2.22. The largest absolute Gasteiger partial charge is 0.497 e. The predicted molar refractivity (Wildman–Crippen MR) is 86.4 cm³/mol. The van der Waals surface area contributed by atoms with Crippen molar-refractivity contribution in [3.8, 4) is 5.75 Å². The third-order valence-electron chi connectivity index (χ3n) is 3.22. The normalized spacial score (nSPS) is 12.4. The average molecular weight is 281 g/mol. The van der Waals surface area contributed by atoms with E-state index in [-0.39, 0.29) is 0 Å². The van der Waals surface area contributed by atoms with Gasteiger partial charge in [-0.1, -0.05) is 18.6 Å². The van der Waals surface area contributed by atoms with Crippen LogP contribution in [0.2, 0.25) is 0 Å². The summed E-state index contributed by atoms with van der Waals surface area (Å²) in [6.07, 6.45) is 7.22. The first-order valence-electron chi connectivity index (χ1n) is 7.11. The third kappa shape index (κ3) is 7.48. The van der Waals surface area contributed by atoms with E-state index < -0.39 is 0 Å². The highest BCUT2D eigenvalue weighted by Crippen LogP contribution is 2.12. The molecule has 0 heterocycles. The Morgan fingerprint density at radius 3 is 2.53 bits per heavy atom. The van der Waals surface area contributed by atoms with Crippen LogP contribution in [-0.4, -0.2) is 31.7 Å². The van der Waals surface area contributed by atoms with Crippen LogP contribution in [0.5, 0.6) is 5.75 Å². The molecule has 1 rings (SSSR count). The highest BCUT2D eigenvalue weighted by Gasteiger charge is 2.03. The average Bonchev–Trinajstić information content (AvgIpc) is 2.43. The second kappa shape index (κ2) is 10.2. The first-order chi connectivity index (χ1) is 9.26. The van der Waals surface area contributed by atoms with E-state index in [9.17, 15) is 0 Å². The zero-order chi connectivity index (χ0) is 13.9. The molecule has 0 saturated carbocycles. The monoisotopic (exact) mass is 281 g/mol. The Balaban J connectivity index is 2.14. The number of hydrogen-bond acceptors (Lipinski definition) is 3. The van der Waals surface area contributed by atoms with E-state index >= 15 is 0 Å². The molecule has 0 saturated heterocycles. The molecule has 0 aliphatic heterocycles. The maximum atomic E-state index is 5.17. The minimum absolute atomic E-state index is 0.536. The summed E-state index contributed by atoms with van der Waals surface area (Å²) in [6, 6.07) is 8.90. The van der Waals surface area contributed by atoms with Crippen molar-refractivity contribution in [2.24, 2.45) is 0 Å². The number of thioether (sulfide) groups is 1. The van der Waals surface area contributed by atoms with Gasteiger partial charge in [0.05, 0.1) is 7.11 Å². The molecule has 1 unspecified atom stereocenters. The third-order valence-corrected chi connectivity index (χ3v) is 3.92. The number of rotatable bonds is 10. The Bertz CT molecular complexity index is 326. The lowest BCUT2D eigenvalue weighted by molar-refractivity contribution is 0.414. The number of hydrogen-bond donors (Lipinski definition) is 1. The Morgan fingerprint density at radius 2 is 1.89 bits per heavy atom. The Morgan fingerprint density at radius 1 is 1.16 bits per heavy atom. The Kier molecular flexibility index (Phi) is 8.76. The van der Waals surface area contributed by atoms with Crippen molar-refractivity contribution in [1.29, 1.82) is 0 Å². The van der Waals surface area contributed by atoms with Crippen LogP contribution in [0, 0.1) is 0 Å². The molecule has 0 bridgehead atoms. The molecule has 1 aromatic carbocycles. The van der Waals surface area contributed by atoms with E-state index in [4.69, 9.17) is 4.74 Å². The van der Waals surface area contributed by atoms with Crippen LogP contribution >= 0.6 is 11.8 Å².